The van der Waals surface area contributed by atoms with E-state index in [0.29, 0.717) is 18.2 Å². The first-order chi connectivity index (χ1) is 9.53. The lowest BCUT2D eigenvalue weighted by Gasteiger charge is -2.24. The number of nitrogens with one attached hydrogen (secondary N) is 1. The number of aromatic nitrogens is 1. The second kappa shape index (κ2) is 5.33. The first-order valence-corrected chi connectivity index (χ1v) is 8.97. The fraction of sp³-hybridized carbons (Fsp3) is 0.643. The maximum Gasteiger partial charge on any atom is 0.152 e. The Kier molecular flexibility index (Phi) is 3.69. The lowest BCUT2D eigenvalue weighted by Crippen LogP contribution is -2.33. The molecule has 1 saturated heterocycles. The van der Waals surface area contributed by atoms with Crippen LogP contribution >= 0.6 is 0 Å². The van der Waals surface area contributed by atoms with E-state index in [9.17, 15) is 8.42 Å². The monoisotopic (exact) mass is 295 g/mol. The number of sulfone groups is 1. The van der Waals surface area contributed by atoms with Gasteiger partial charge >= 0.3 is 0 Å². The van der Waals surface area contributed by atoms with E-state index >= 15 is 0 Å². The van der Waals surface area contributed by atoms with Gasteiger partial charge < -0.3 is 10.2 Å². The van der Waals surface area contributed by atoms with Crippen molar-refractivity contribution in [3.05, 3.63) is 23.9 Å². The van der Waals surface area contributed by atoms with Gasteiger partial charge in [-0.05, 0) is 37.0 Å². The Bertz CT molecular complexity index is 584. The minimum atomic E-state index is -2.85. The lowest BCUT2D eigenvalue weighted by molar-refractivity contribution is 0.600. The highest BCUT2D eigenvalue weighted by Gasteiger charge is 2.31. The van der Waals surface area contributed by atoms with Crippen LogP contribution in [0, 0.1) is 0 Å². The third-order valence-electron chi connectivity index (χ3n) is 4.10. The van der Waals surface area contributed by atoms with Crippen LogP contribution in [0.3, 0.4) is 0 Å². The normalized spacial score (nSPS) is 24.8. The molecule has 0 bridgehead atoms. The van der Waals surface area contributed by atoms with Crippen LogP contribution in [0.1, 0.15) is 24.8 Å². The van der Waals surface area contributed by atoms with E-state index in [0.717, 1.165) is 12.4 Å². The quantitative estimate of drug-likeness (QED) is 0.876. The number of hydrogen-bond acceptors (Lipinski definition) is 5. The van der Waals surface area contributed by atoms with Crippen LogP contribution in [0.5, 0.6) is 0 Å². The van der Waals surface area contributed by atoms with Gasteiger partial charge in [0.1, 0.15) is 5.82 Å². The molecule has 1 saturated carbocycles. The number of anilines is 1. The van der Waals surface area contributed by atoms with Gasteiger partial charge in [-0.15, -0.1) is 0 Å². The third-order valence-corrected chi connectivity index (χ3v) is 5.85. The van der Waals surface area contributed by atoms with Crippen molar-refractivity contribution in [2.75, 3.05) is 23.5 Å². The highest BCUT2D eigenvalue weighted by atomic mass is 32.2. The smallest absolute Gasteiger partial charge is 0.152 e. The lowest BCUT2D eigenvalue weighted by atomic mass is 10.2. The second-order valence-corrected chi connectivity index (χ2v) is 8.07. The predicted molar refractivity (Wildman–Crippen MR) is 79.6 cm³/mol. The fourth-order valence-electron chi connectivity index (χ4n) is 2.58. The van der Waals surface area contributed by atoms with Crippen molar-refractivity contribution in [3.63, 3.8) is 0 Å². The highest BCUT2D eigenvalue weighted by Crippen LogP contribution is 2.23. The molecule has 2 aliphatic rings. The summed E-state index contributed by atoms with van der Waals surface area (Å²) in [6.45, 7) is 0.858. The molecule has 20 heavy (non-hydrogen) atoms. The maximum absolute atomic E-state index is 11.6. The zero-order chi connectivity index (χ0) is 14.2. The van der Waals surface area contributed by atoms with Crippen molar-refractivity contribution in [2.24, 2.45) is 0 Å². The molecule has 0 spiro atoms. The van der Waals surface area contributed by atoms with E-state index in [-0.39, 0.29) is 11.8 Å². The summed E-state index contributed by atoms with van der Waals surface area (Å²) >= 11 is 0. The van der Waals surface area contributed by atoms with Crippen LogP contribution < -0.4 is 10.2 Å². The van der Waals surface area contributed by atoms with Crippen LogP contribution in [-0.4, -0.2) is 44.0 Å². The summed E-state index contributed by atoms with van der Waals surface area (Å²) in [5.41, 5.74) is 1.20. The highest BCUT2D eigenvalue weighted by molar-refractivity contribution is 7.91. The Morgan fingerprint density at radius 1 is 1.40 bits per heavy atom. The molecule has 0 aromatic carbocycles. The van der Waals surface area contributed by atoms with Gasteiger partial charge in [-0.3, -0.25) is 0 Å². The molecule has 0 amide bonds. The summed E-state index contributed by atoms with van der Waals surface area (Å²) in [4.78, 5) is 6.38. The SMILES string of the molecule is CN(c1cc(CNC2CC2)ccn1)C1CCS(=O)(=O)C1. The van der Waals surface area contributed by atoms with E-state index < -0.39 is 9.84 Å². The van der Waals surface area contributed by atoms with Crippen LogP contribution in [0.4, 0.5) is 5.82 Å². The van der Waals surface area contributed by atoms with Gasteiger partial charge in [0.2, 0.25) is 0 Å². The molecule has 1 aromatic rings. The molecule has 0 radical (unpaired) electrons. The summed E-state index contributed by atoms with van der Waals surface area (Å²) in [6.07, 6.45) is 5.06. The summed E-state index contributed by atoms with van der Waals surface area (Å²) in [6, 6.07) is 4.81. The molecule has 1 N–H and O–H groups in total. The average molecular weight is 295 g/mol. The standard InChI is InChI=1S/C14H21N3O2S/c1-17(13-5-7-20(18,19)10-13)14-8-11(4-6-15-14)9-16-12-2-3-12/h4,6,8,12-13,16H,2-3,5,7,9-10H2,1H3. The second-order valence-electron chi connectivity index (χ2n) is 5.85. The summed E-state index contributed by atoms with van der Waals surface area (Å²) in [5, 5.41) is 3.48. The van der Waals surface area contributed by atoms with E-state index in [2.05, 4.69) is 16.4 Å². The molecule has 2 fully saturated rings. The van der Waals surface area contributed by atoms with Crippen LogP contribution in [0.15, 0.2) is 18.3 Å². The molecular weight excluding hydrogens is 274 g/mol. The van der Waals surface area contributed by atoms with E-state index in [4.69, 9.17) is 0 Å². The van der Waals surface area contributed by atoms with E-state index in [1.54, 1.807) is 6.20 Å². The predicted octanol–water partition coefficient (Wildman–Crippen LogP) is 0.957. The zero-order valence-corrected chi connectivity index (χ0v) is 12.6. The molecule has 3 rings (SSSR count). The Morgan fingerprint density at radius 2 is 2.20 bits per heavy atom. The van der Waals surface area contributed by atoms with Gasteiger partial charge in [0.15, 0.2) is 9.84 Å². The Labute approximate surface area is 120 Å². The minimum Gasteiger partial charge on any atom is -0.356 e. The van der Waals surface area contributed by atoms with Crippen LogP contribution in [0.25, 0.3) is 0 Å². The van der Waals surface area contributed by atoms with Crippen molar-refractivity contribution in [1.29, 1.82) is 0 Å². The number of hydrogen-bond donors (Lipinski definition) is 1. The molecule has 6 heteroatoms. The first kappa shape index (κ1) is 13.8. The number of pyridine rings is 1. The summed E-state index contributed by atoms with van der Waals surface area (Å²) in [5.74, 6) is 1.41. The Morgan fingerprint density at radius 3 is 2.85 bits per heavy atom. The molecule has 1 atom stereocenters. The molecule has 1 unspecified atom stereocenters. The molecule has 1 aliphatic heterocycles. The van der Waals surface area contributed by atoms with Crippen molar-refractivity contribution in [3.8, 4) is 0 Å². The number of nitrogens with zero attached hydrogens (tertiary/aromatic N) is 2. The minimum absolute atomic E-state index is 0.0548. The van der Waals surface area contributed by atoms with Gasteiger partial charge in [-0.1, -0.05) is 0 Å². The van der Waals surface area contributed by atoms with Crippen molar-refractivity contribution in [2.45, 2.75) is 37.9 Å². The molecule has 1 aliphatic carbocycles. The van der Waals surface area contributed by atoms with Gasteiger partial charge in [-0.2, -0.15) is 0 Å². The fourth-order valence-corrected chi connectivity index (χ4v) is 4.36. The van der Waals surface area contributed by atoms with Crippen molar-refractivity contribution < 1.29 is 8.42 Å². The molecule has 110 valence electrons. The first-order valence-electron chi connectivity index (χ1n) is 7.15. The van der Waals surface area contributed by atoms with Gasteiger partial charge in [0.25, 0.3) is 0 Å². The van der Waals surface area contributed by atoms with Crippen LogP contribution in [0.2, 0.25) is 0 Å². The average Bonchev–Trinajstić information content (AvgIpc) is 3.19. The molecule has 5 nitrogen and oxygen atoms in total. The van der Waals surface area contributed by atoms with E-state index in [1.807, 2.05) is 18.0 Å². The largest absolute Gasteiger partial charge is 0.356 e. The third kappa shape index (κ3) is 3.30. The van der Waals surface area contributed by atoms with Crippen molar-refractivity contribution >= 4 is 15.7 Å². The Balaban J connectivity index is 1.67. The van der Waals surface area contributed by atoms with Crippen molar-refractivity contribution in [1.82, 2.24) is 10.3 Å². The summed E-state index contributed by atoms with van der Waals surface area (Å²) < 4.78 is 23.1. The van der Waals surface area contributed by atoms with Gasteiger partial charge in [-0.25, -0.2) is 13.4 Å². The zero-order valence-electron chi connectivity index (χ0n) is 11.7. The topological polar surface area (TPSA) is 62.3 Å². The maximum atomic E-state index is 11.6. The number of rotatable bonds is 5. The van der Waals surface area contributed by atoms with Gasteiger partial charge in [0.05, 0.1) is 11.5 Å². The van der Waals surface area contributed by atoms with E-state index in [1.165, 1.54) is 18.4 Å². The molecule has 1 aromatic heterocycles. The molecule has 2 heterocycles. The Hall–Kier alpha value is -1.14. The van der Waals surface area contributed by atoms with Gasteiger partial charge in [0, 0.05) is 31.9 Å². The molecular formula is C14H21N3O2S. The van der Waals surface area contributed by atoms with Crippen LogP contribution in [-0.2, 0) is 16.4 Å². The summed E-state index contributed by atoms with van der Waals surface area (Å²) in [7, 11) is -0.917.